The van der Waals surface area contributed by atoms with Crippen LogP contribution in [0, 0.1) is 0 Å². The Bertz CT molecular complexity index is 646. The lowest BCUT2D eigenvalue weighted by molar-refractivity contribution is 0.245. The second-order valence-corrected chi connectivity index (χ2v) is 6.27. The minimum absolute atomic E-state index is 0.552. The van der Waals surface area contributed by atoms with E-state index < -0.39 is 0 Å². The van der Waals surface area contributed by atoms with E-state index in [1.807, 2.05) is 30.6 Å². The van der Waals surface area contributed by atoms with Crippen LogP contribution < -0.4 is 9.64 Å². The molecule has 5 nitrogen and oxygen atoms in total. The molecule has 0 aliphatic carbocycles. The average molecular weight is 310 g/mol. The van der Waals surface area contributed by atoms with Crippen LogP contribution in [0.4, 0.5) is 5.95 Å². The molecule has 2 fully saturated rings. The Hall–Kier alpha value is -2.14. The second kappa shape index (κ2) is 6.16. The molecule has 1 aromatic carbocycles. The maximum absolute atomic E-state index is 5.24. The van der Waals surface area contributed by atoms with Crippen LogP contribution in [0.3, 0.4) is 0 Å². The van der Waals surface area contributed by atoms with Gasteiger partial charge in [-0.1, -0.05) is 12.1 Å². The van der Waals surface area contributed by atoms with Crippen LogP contribution in [0.5, 0.6) is 5.75 Å². The van der Waals surface area contributed by atoms with Crippen molar-refractivity contribution in [1.82, 2.24) is 14.9 Å². The van der Waals surface area contributed by atoms with Crippen molar-refractivity contribution in [2.24, 2.45) is 0 Å². The summed E-state index contributed by atoms with van der Waals surface area (Å²) in [6.45, 7) is 3.21. The number of hydrogen-bond donors (Lipinski definition) is 0. The number of ether oxygens (including phenoxy) is 1. The number of benzene rings is 1. The monoisotopic (exact) mass is 310 g/mol. The smallest absolute Gasteiger partial charge is 0.225 e. The molecule has 0 N–H and O–H groups in total. The summed E-state index contributed by atoms with van der Waals surface area (Å²) in [6, 6.07) is 11.5. The summed E-state index contributed by atoms with van der Waals surface area (Å²) in [6.07, 6.45) is 6.05. The lowest BCUT2D eigenvalue weighted by Gasteiger charge is -2.25. The van der Waals surface area contributed by atoms with Gasteiger partial charge in [-0.25, -0.2) is 9.97 Å². The number of methoxy groups -OCH3 is 1. The Labute approximate surface area is 136 Å². The molecular weight excluding hydrogens is 288 g/mol. The fourth-order valence-corrected chi connectivity index (χ4v) is 3.92. The number of rotatable bonds is 4. The highest BCUT2D eigenvalue weighted by Gasteiger charge is 2.43. The van der Waals surface area contributed by atoms with Crippen LogP contribution in [-0.4, -0.2) is 47.2 Å². The molecule has 0 radical (unpaired) electrons. The lowest BCUT2D eigenvalue weighted by atomic mass is 10.1. The average Bonchev–Trinajstić information content (AvgIpc) is 3.19. The maximum atomic E-state index is 5.24. The van der Waals surface area contributed by atoms with E-state index in [2.05, 4.69) is 31.9 Å². The number of aromatic nitrogens is 2. The van der Waals surface area contributed by atoms with Crippen LogP contribution in [0.25, 0.3) is 0 Å². The summed E-state index contributed by atoms with van der Waals surface area (Å²) in [4.78, 5) is 13.9. The van der Waals surface area contributed by atoms with Crippen LogP contribution in [0.2, 0.25) is 0 Å². The number of nitrogens with zero attached hydrogens (tertiary/aromatic N) is 4. The summed E-state index contributed by atoms with van der Waals surface area (Å²) in [7, 11) is 1.71. The number of anilines is 1. The third-order valence-electron chi connectivity index (χ3n) is 5.05. The van der Waals surface area contributed by atoms with Gasteiger partial charge >= 0.3 is 0 Å². The molecule has 3 heterocycles. The maximum Gasteiger partial charge on any atom is 0.225 e. The van der Waals surface area contributed by atoms with E-state index in [-0.39, 0.29) is 0 Å². The van der Waals surface area contributed by atoms with Gasteiger partial charge in [0.1, 0.15) is 5.75 Å². The highest BCUT2D eigenvalue weighted by Crippen LogP contribution is 2.34. The van der Waals surface area contributed by atoms with E-state index in [4.69, 9.17) is 4.74 Å². The molecule has 2 aliphatic rings. The predicted molar refractivity (Wildman–Crippen MR) is 89.6 cm³/mol. The van der Waals surface area contributed by atoms with Crippen molar-refractivity contribution >= 4 is 5.95 Å². The normalized spacial score (nSPS) is 24.0. The van der Waals surface area contributed by atoms with Crippen molar-refractivity contribution in [1.29, 1.82) is 0 Å². The Morgan fingerprint density at radius 1 is 1.04 bits per heavy atom. The molecule has 2 atom stereocenters. The zero-order chi connectivity index (χ0) is 15.6. The first kappa shape index (κ1) is 14.5. The Morgan fingerprint density at radius 3 is 2.52 bits per heavy atom. The van der Waals surface area contributed by atoms with E-state index in [0.717, 1.165) is 31.3 Å². The van der Waals surface area contributed by atoms with E-state index in [0.29, 0.717) is 12.1 Å². The van der Waals surface area contributed by atoms with Gasteiger partial charge in [0, 0.05) is 44.1 Å². The molecule has 2 saturated heterocycles. The lowest BCUT2D eigenvalue weighted by Crippen LogP contribution is -2.37. The van der Waals surface area contributed by atoms with Gasteiger partial charge in [0.05, 0.1) is 7.11 Å². The predicted octanol–water partition coefficient (Wildman–Crippen LogP) is 2.34. The summed E-state index contributed by atoms with van der Waals surface area (Å²) in [5.74, 6) is 1.80. The molecule has 0 bridgehead atoms. The Kier molecular flexibility index (Phi) is 3.87. The third kappa shape index (κ3) is 2.77. The minimum Gasteiger partial charge on any atom is -0.497 e. The fourth-order valence-electron chi connectivity index (χ4n) is 3.92. The van der Waals surface area contributed by atoms with Crippen LogP contribution >= 0.6 is 0 Å². The number of fused-ring (bicyclic) bond motifs is 1. The number of likely N-dealkylation sites (tertiary alicyclic amines) is 1. The first-order valence-electron chi connectivity index (χ1n) is 8.26. The number of hydrogen-bond acceptors (Lipinski definition) is 5. The molecule has 2 aliphatic heterocycles. The third-order valence-corrected chi connectivity index (χ3v) is 5.05. The summed E-state index contributed by atoms with van der Waals surface area (Å²) < 4.78 is 5.24. The molecular formula is C18H22N4O. The first-order chi connectivity index (χ1) is 11.3. The van der Waals surface area contributed by atoms with Crippen molar-refractivity contribution in [2.75, 3.05) is 25.1 Å². The van der Waals surface area contributed by atoms with Gasteiger partial charge in [0.25, 0.3) is 0 Å². The van der Waals surface area contributed by atoms with Gasteiger partial charge in [-0.15, -0.1) is 0 Å². The molecule has 0 amide bonds. The van der Waals surface area contributed by atoms with E-state index in [1.54, 1.807) is 7.11 Å². The van der Waals surface area contributed by atoms with E-state index in [9.17, 15) is 0 Å². The SMILES string of the molecule is COc1ccc(CN2CC[C@@H]3[C@@H]2CCN3c2ncccn2)cc1. The van der Waals surface area contributed by atoms with Crippen molar-refractivity contribution in [3.05, 3.63) is 48.3 Å². The molecule has 5 heteroatoms. The zero-order valence-corrected chi connectivity index (χ0v) is 13.4. The summed E-state index contributed by atoms with van der Waals surface area (Å²) >= 11 is 0. The zero-order valence-electron chi connectivity index (χ0n) is 13.4. The van der Waals surface area contributed by atoms with Gasteiger partial charge in [0.15, 0.2) is 0 Å². The molecule has 4 rings (SSSR count). The van der Waals surface area contributed by atoms with Crippen LogP contribution in [-0.2, 0) is 6.54 Å². The minimum atomic E-state index is 0.552. The molecule has 2 aromatic rings. The van der Waals surface area contributed by atoms with Gasteiger partial charge in [0.2, 0.25) is 5.95 Å². The van der Waals surface area contributed by atoms with Gasteiger partial charge in [-0.3, -0.25) is 4.90 Å². The molecule has 0 saturated carbocycles. The van der Waals surface area contributed by atoms with Gasteiger partial charge in [-0.2, -0.15) is 0 Å². The highest BCUT2D eigenvalue weighted by molar-refractivity contribution is 5.35. The van der Waals surface area contributed by atoms with Crippen molar-refractivity contribution in [3.8, 4) is 5.75 Å². The Balaban J connectivity index is 1.45. The van der Waals surface area contributed by atoms with Crippen molar-refractivity contribution < 1.29 is 4.74 Å². The van der Waals surface area contributed by atoms with E-state index >= 15 is 0 Å². The van der Waals surface area contributed by atoms with Crippen molar-refractivity contribution in [2.45, 2.75) is 31.5 Å². The van der Waals surface area contributed by atoms with E-state index in [1.165, 1.54) is 18.4 Å². The quantitative estimate of drug-likeness (QED) is 0.867. The highest BCUT2D eigenvalue weighted by atomic mass is 16.5. The molecule has 0 spiro atoms. The second-order valence-electron chi connectivity index (χ2n) is 6.27. The molecule has 120 valence electrons. The first-order valence-corrected chi connectivity index (χ1v) is 8.26. The Morgan fingerprint density at radius 2 is 1.78 bits per heavy atom. The van der Waals surface area contributed by atoms with Crippen LogP contribution in [0.15, 0.2) is 42.7 Å². The topological polar surface area (TPSA) is 41.5 Å². The summed E-state index contributed by atoms with van der Waals surface area (Å²) in [5.41, 5.74) is 1.35. The standard InChI is InChI=1S/C18H22N4O/c1-23-15-5-3-14(4-6-15)13-21-11-7-17-16(21)8-12-22(17)18-19-9-2-10-20-18/h2-6,9-10,16-17H,7-8,11-13H2,1H3/t16-,17+/m0/s1. The van der Waals surface area contributed by atoms with Gasteiger partial charge in [-0.05, 0) is 36.6 Å². The summed E-state index contributed by atoms with van der Waals surface area (Å²) in [5, 5.41) is 0. The molecule has 23 heavy (non-hydrogen) atoms. The molecule has 0 unspecified atom stereocenters. The van der Waals surface area contributed by atoms with Gasteiger partial charge < -0.3 is 9.64 Å². The largest absolute Gasteiger partial charge is 0.497 e. The molecule has 1 aromatic heterocycles. The fraction of sp³-hybridized carbons (Fsp3) is 0.444. The van der Waals surface area contributed by atoms with Crippen molar-refractivity contribution in [3.63, 3.8) is 0 Å². The van der Waals surface area contributed by atoms with Crippen LogP contribution in [0.1, 0.15) is 18.4 Å².